The van der Waals surface area contributed by atoms with Gasteiger partial charge in [-0.3, -0.25) is 9.59 Å². The first-order valence-corrected chi connectivity index (χ1v) is 13.7. The van der Waals surface area contributed by atoms with Gasteiger partial charge in [-0.2, -0.15) is 0 Å². The number of ether oxygens (including phenoxy) is 3. The molecule has 1 aliphatic carbocycles. The van der Waals surface area contributed by atoms with Gasteiger partial charge in [0.05, 0.1) is 44.8 Å². The summed E-state index contributed by atoms with van der Waals surface area (Å²) in [6, 6.07) is 11.9. The van der Waals surface area contributed by atoms with Crippen LogP contribution in [0.25, 0.3) is 0 Å². The number of hydrogen-bond acceptors (Lipinski definition) is 8. The fourth-order valence-electron chi connectivity index (χ4n) is 5.89. The molecule has 2 aliphatic heterocycles. The van der Waals surface area contributed by atoms with Gasteiger partial charge in [-0.25, -0.2) is 0 Å². The van der Waals surface area contributed by atoms with Crippen LogP contribution in [0.4, 0.5) is 0 Å². The van der Waals surface area contributed by atoms with Crippen LogP contribution in [0.1, 0.15) is 35.4 Å². The molecule has 5 rings (SSSR count). The average molecular weight is 553 g/mol. The third-order valence-corrected chi connectivity index (χ3v) is 7.80. The summed E-state index contributed by atoms with van der Waals surface area (Å²) in [5, 5.41) is 33.7. The first-order valence-electron chi connectivity index (χ1n) is 13.7. The SMILES string of the molecule is COc1cc(CO)cc2c1O[C@@H]1[C@@H](O)[C@H](N(C[C@H]3CCCO3)C(=O)Cc3ccccc3)C=C(C(=O)NCCO)[C@H]21. The smallest absolute Gasteiger partial charge is 0.247 e. The zero-order valence-corrected chi connectivity index (χ0v) is 22.5. The van der Waals surface area contributed by atoms with Gasteiger partial charge in [0, 0.05) is 30.8 Å². The van der Waals surface area contributed by atoms with E-state index in [2.05, 4.69) is 5.32 Å². The van der Waals surface area contributed by atoms with Gasteiger partial charge >= 0.3 is 0 Å². The van der Waals surface area contributed by atoms with Crippen LogP contribution >= 0.6 is 0 Å². The Morgan fingerprint density at radius 3 is 2.62 bits per heavy atom. The zero-order valence-electron chi connectivity index (χ0n) is 22.5. The molecule has 2 aromatic carbocycles. The van der Waals surface area contributed by atoms with E-state index in [0.717, 1.165) is 18.4 Å². The zero-order chi connectivity index (χ0) is 28.2. The maximum Gasteiger partial charge on any atom is 0.247 e. The molecule has 214 valence electrons. The Morgan fingerprint density at radius 2 is 1.95 bits per heavy atom. The van der Waals surface area contributed by atoms with Crippen LogP contribution < -0.4 is 14.8 Å². The average Bonchev–Trinajstić information content (AvgIpc) is 3.63. The van der Waals surface area contributed by atoms with Crippen molar-refractivity contribution < 1.29 is 39.1 Å². The maximum absolute atomic E-state index is 13.8. The van der Waals surface area contributed by atoms with Crippen molar-refractivity contribution in [3.8, 4) is 11.5 Å². The van der Waals surface area contributed by atoms with Gasteiger partial charge < -0.3 is 39.7 Å². The van der Waals surface area contributed by atoms with Crippen LogP contribution in [-0.4, -0.2) is 89.8 Å². The molecule has 0 saturated carbocycles. The van der Waals surface area contributed by atoms with Gasteiger partial charge in [0.25, 0.3) is 0 Å². The summed E-state index contributed by atoms with van der Waals surface area (Å²) in [5.74, 6) is -0.540. The highest BCUT2D eigenvalue weighted by atomic mass is 16.5. The monoisotopic (exact) mass is 552 g/mol. The normalized spacial score (nSPS) is 24.9. The van der Waals surface area contributed by atoms with E-state index in [1.54, 1.807) is 23.1 Å². The molecule has 2 amide bonds. The minimum Gasteiger partial charge on any atom is -0.493 e. The van der Waals surface area contributed by atoms with Crippen molar-refractivity contribution in [3.63, 3.8) is 0 Å². The third-order valence-electron chi connectivity index (χ3n) is 7.80. The molecular weight excluding hydrogens is 516 g/mol. The van der Waals surface area contributed by atoms with Gasteiger partial charge in [0.1, 0.15) is 12.2 Å². The predicted octanol–water partition coefficient (Wildman–Crippen LogP) is 1.06. The molecule has 0 radical (unpaired) electrons. The lowest BCUT2D eigenvalue weighted by molar-refractivity contribution is -0.138. The number of hydrogen-bond donors (Lipinski definition) is 4. The van der Waals surface area contributed by atoms with E-state index in [0.29, 0.717) is 34.8 Å². The topological polar surface area (TPSA) is 138 Å². The Balaban J connectivity index is 1.56. The van der Waals surface area contributed by atoms with Crippen LogP contribution in [0.15, 0.2) is 54.1 Å². The number of benzene rings is 2. The molecule has 40 heavy (non-hydrogen) atoms. The Labute approximate surface area is 233 Å². The van der Waals surface area contributed by atoms with Crippen molar-refractivity contribution in [2.24, 2.45) is 0 Å². The summed E-state index contributed by atoms with van der Waals surface area (Å²) in [5.41, 5.74) is 2.33. The summed E-state index contributed by atoms with van der Waals surface area (Å²) in [7, 11) is 1.48. The summed E-state index contributed by atoms with van der Waals surface area (Å²) in [6.45, 7) is 0.429. The number of fused-ring (bicyclic) bond motifs is 3. The fraction of sp³-hybridized carbons (Fsp3) is 0.467. The summed E-state index contributed by atoms with van der Waals surface area (Å²) in [4.78, 5) is 28.9. The van der Waals surface area contributed by atoms with Gasteiger partial charge in [-0.05, 0) is 42.2 Å². The lowest BCUT2D eigenvalue weighted by atomic mass is 9.77. The van der Waals surface area contributed by atoms with E-state index in [9.17, 15) is 24.9 Å². The highest BCUT2D eigenvalue weighted by Gasteiger charge is 2.51. The van der Waals surface area contributed by atoms with Crippen molar-refractivity contribution in [1.82, 2.24) is 10.2 Å². The number of carbonyl (C=O) groups excluding carboxylic acids is 2. The van der Waals surface area contributed by atoms with Gasteiger partial charge in [0.15, 0.2) is 11.5 Å². The van der Waals surface area contributed by atoms with Crippen LogP contribution in [-0.2, 0) is 27.4 Å². The van der Waals surface area contributed by atoms with E-state index in [4.69, 9.17) is 14.2 Å². The molecule has 2 aromatic rings. The number of aliphatic hydroxyl groups excluding tert-OH is 3. The van der Waals surface area contributed by atoms with E-state index >= 15 is 0 Å². The van der Waals surface area contributed by atoms with Crippen molar-refractivity contribution in [3.05, 3.63) is 70.8 Å². The van der Waals surface area contributed by atoms with Crippen LogP contribution in [0.5, 0.6) is 11.5 Å². The molecule has 2 heterocycles. The minimum atomic E-state index is -1.17. The standard InChI is InChI=1S/C30H36N2O8/c1-38-24-13-19(17-34)12-21-26-22(30(37)31-9-10-33)15-23(27(36)29(26)40-28(21)24)32(16-20-8-5-11-39-20)25(35)14-18-6-3-2-4-7-18/h2-4,6-7,12-13,15,20,23,26-27,29,33-34,36H,5,8-11,14,16-17H2,1H3,(H,31,37)/t20-,23-,26+,27+,29+/m1/s1. The molecule has 3 aliphatic rings. The molecule has 5 atom stereocenters. The summed E-state index contributed by atoms with van der Waals surface area (Å²) < 4.78 is 17.7. The highest BCUT2D eigenvalue weighted by molar-refractivity contribution is 5.96. The predicted molar refractivity (Wildman–Crippen MR) is 145 cm³/mol. The van der Waals surface area contributed by atoms with Crippen LogP contribution in [0, 0.1) is 0 Å². The second kappa shape index (κ2) is 12.4. The lowest BCUT2D eigenvalue weighted by Gasteiger charge is -2.41. The van der Waals surface area contributed by atoms with Gasteiger partial charge in [0.2, 0.25) is 11.8 Å². The molecule has 0 unspecified atom stereocenters. The first kappa shape index (κ1) is 28.1. The number of nitrogens with one attached hydrogen (secondary N) is 1. The summed E-state index contributed by atoms with van der Waals surface area (Å²) >= 11 is 0. The van der Waals surface area contributed by atoms with E-state index in [1.165, 1.54) is 7.11 Å². The number of nitrogens with zero attached hydrogens (tertiary/aromatic N) is 1. The molecule has 1 saturated heterocycles. The lowest BCUT2D eigenvalue weighted by Crippen LogP contribution is -2.57. The second-order valence-corrected chi connectivity index (χ2v) is 10.4. The number of carbonyl (C=O) groups is 2. The van der Waals surface area contributed by atoms with Crippen molar-refractivity contribution in [1.29, 1.82) is 0 Å². The first-order chi connectivity index (χ1) is 19.4. The maximum atomic E-state index is 13.8. The van der Waals surface area contributed by atoms with Crippen molar-refractivity contribution in [2.45, 2.75) is 56.1 Å². The van der Waals surface area contributed by atoms with E-state index in [1.807, 2.05) is 30.3 Å². The molecule has 0 bridgehead atoms. The van der Waals surface area contributed by atoms with Crippen molar-refractivity contribution >= 4 is 11.8 Å². The van der Waals surface area contributed by atoms with Crippen molar-refractivity contribution in [2.75, 3.05) is 33.4 Å². The largest absolute Gasteiger partial charge is 0.493 e. The van der Waals surface area contributed by atoms with Crippen LogP contribution in [0.3, 0.4) is 0 Å². The fourth-order valence-corrected chi connectivity index (χ4v) is 5.89. The van der Waals surface area contributed by atoms with Gasteiger partial charge in [-0.15, -0.1) is 0 Å². The summed E-state index contributed by atoms with van der Waals surface area (Å²) in [6.07, 6.45) is 1.21. The van der Waals surface area contributed by atoms with E-state index < -0.39 is 30.1 Å². The molecular formula is C30H36N2O8. The molecule has 0 aromatic heterocycles. The third kappa shape index (κ3) is 5.57. The molecule has 1 fully saturated rings. The highest BCUT2D eigenvalue weighted by Crippen LogP contribution is 2.51. The molecule has 10 nitrogen and oxygen atoms in total. The molecule has 10 heteroatoms. The minimum absolute atomic E-state index is 0.0427. The molecule has 0 spiro atoms. The second-order valence-electron chi connectivity index (χ2n) is 10.4. The van der Waals surface area contributed by atoms with E-state index in [-0.39, 0.29) is 44.7 Å². The molecule has 4 N–H and O–H groups in total. The Hall–Kier alpha value is -3.44. The Kier molecular flexibility index (Phi) is 8.70. The Morgan fingerprint density at radius 1 is 1.15 bits per heavy atom. The number of amides is 2. The van der Waals surface area contributed by atoms with Crippen LogP contribution in [0.2, 0.25) is 0 Å². The number of aliphatic hydroxyl groups is 3. The number of rotatable bonds is 10. The van der Waals surface area contributed by atoms with Gasteiger partial charge in [-0.1, -0.05) is 30.3 Å². The quantitative estimate of drug-likeness (QED) is 0.344. The Bertz CT molecular complexity index is 1240. The number of methoxy groups -OCH3 is 1.